The second-order valence-electron chi connectivity index (χ2n) is 4.82. The summed E-state index contributed by atoms with van der Waals surface area (Å²) >= 11 is 0. The van der Waals surface area contributed by atoms with Crippen LogP contribution in [0.2, 0.25) is 0 Å². The Morgan fingerprint density at radius 1 is 0.483 bits per heavy atom. The lowest BCUT2D eigenvalue weighted by Gasteiger charge is -2.21. The molecule has 16 heteroatoms. The van der Waals surface area contributed by atoms with Crippen LogP contribution in [0, 0.1) is 29.1 Å². The summed E-state index contributed by atoms with van der Waals surface area (Å²) in [6.07, 6.45) is -20.5. The van der Waals surface area contributed by atoms with E-state index in [4.69, 9.17) is 0 Å². The van der Waals surface area contributed by atoms with Crippen molar-refractivity contribution in [3.63, 3.8) is 0 Å². The summed E-state index contributed by atoms with van der Waals surface area (Å²) < 4.78 is 206. The molecule has 0 fully saturated rings. The van der Waals surface area contributed by atoms with E-state index in [1.54, 1.807) is 0 Å². The third kappa shape index (κ3) is 4.60. The average Bonchev–Trinajstić information content (AvgIpc) is 2.53. The fraction of sp³-hybridized carbons (Fsp3) is 0.231. The fourth-order valence-corrected chi connectivity index (χ4v) is 1.84. The van der Waals surface area contributed by atoms with Crippen LogP contribution in [0.1, 0.15) is 5.56 Å². The van der Waals surface area contributed by atoms with Gasteiger partial charge in [0.2, 0.25) is 11.6 Å². The van der Waals surface area contributed by atoms with Gasteiger partial charge in [-0.15, -0.1) is 0 Å². The Kier molecular flexibility index (Phi) is 6.31. The molecule has 0 atom stereocenters. The van der Waals surface area contributed by atoms with E-state index in [9.17, 15) is 70.2 Å². The van der Waals surface area contributed by atoms with Gasteiger partial charge in [0.25, 0.3) is 0 Å². The van der Waals surface area contributed by atoms with Crippen LogP contribution in [0.15, 0.2) is 17.2 Å². The molecule has 0 heterocycles. The highest BCUT2D eigenvalue weighted by molar-refractivity contribution is 5.77. The summed E-state index contributed by atoms with van der Waals surface area (Å²) in [4.78, 5) is 0. The maximum atomic E-state index is 13.6. The van der Waals surface area contributed by atoms with Crippen molar-refractivity contribution >= 4 is 5.57 Å². The summed E-state index contributed by atoms with van der Waals surface area (Å²) in [6.45, 7) is 0. The van der Waals surface area contributed by atoms with Gasteiger partial charge in [0.1, 0.15) is 5.57 Å². The number of alkyl halides is 9. The number of hydrogen-bond acceptors (Lipinski definition) is 0. The molecule has 0 bridgehead atoms. The molecule has 0 saturated carbocycles. The number of allylic oxidation sites excluding steroid dienone is 4. The average molecular weight is 460 g/mol. The summed E-state index contributed by atoms with van der Waals surface area (Å²) in [6, 6.07) is 0. The lowest BCUT2D eigenvalue weighted by molar-refractivity contribution is -0.116. The molecule has 0 nitrogen and oxygen atoms in total. The molecule has 0 amide bonds. The number of hydrogen-bond donors (Lipinski definition) is 0. The maximum Gasteiger partial charge on any atom is 0.445 e. The first-order valence-corrected chi connectivity index (χ1v) is 6.27. The van der Waals surface area contributed by atoms with E-state index in [-0.39, 0.29) is 0 Å². The van der Waals surface area contributed by atoms with Crippen LogP contribution in [0.5, 0.6) is 0 Å². The van der Waals surface area contributed by atoms with E-state index in [1.807, 2.05) is 0 Å². The van der Waals surface area contributed by atoms with Gasteiger partial charge < -0.3 is 0 Å². The van der Waals surface area contributed by atoms with Crippen LogP contribution in [0.25, 0.3) is 5.57 Å². The van der Waals surface area contributed by atoms with Gasteiger partial charge in [0.05, 0.1) is 11.1 Å². The highest BCUT2D eigenvalue weighted by Gasteiger charge is 2.53. The molecule has 29 heavy (non-hydrogen) atoms. The van der Waals surface area contributed by atoms with E-state index >= 15 is 0 Å². The molecule has 0 unspecified atom stereocenters. The standard InChI is InChI=1S/C13F16/c14-4-1(5(15)8(18)9(19)7(4)17)2(11(21,22)23)3(12(24,25)26)6(16)10(20)13(27,28)29/b3-2-,10-6+. The van der Waals surface area contributed by atoms with Crippen molar-refractivity contribution < 1.29 is 70.2 Å². The monoisotopic (exact) mass is 460 g/mol. The van der Waals surface area contributed by atoms with E-state index in [0.717, 1.165) is 0 Å². The molecule has 164 valence electrons. The number of benzene rings is 1. The largest absolute Gasteiger partial charge is 0.445 e. The van der Waals surface area contributed by atoms with Gasteiger partial charge in [-0.3, -0.25) is 0 Å². The van der Waals surface area contributed by atoms with Gasteiger partial charge in [-0.1, -0.05) is 0 Å². The Morgan fingerprint density at radius 3 is 1.10 bits per heavy atom. The molecule has 0 aliphatic carbocycles. The molecule has 0 aliphatic rings. The van der Waals surface area contributed by atoms with E-state index in [0.29, 0.717) is 0 Å². The van der Waals surface area contributed by atoms with Gasteiger partial charge in [-0.05, 0) is 0 Å². The first-order chi connectivity index (χ1) is 12.7. The van der Waals surface area contributed by atoms with Crippen molar-refractivity contribution in [3.8, 4) is 0 Å². The number of halogens is 16. The minimum absolute atomic E-state index is 3.14. The molecular formula is C13F16. The van der Waals surface area contributed by atoms with Gasteiger partial charge in [-0.2, -0.15) is 43.9 Å². The smallest absolute Gasteiger partial charge is 0.203 e. The zero-order chi connectivity index (χ0) is 23.3. The van der Waals surface area contributed by atoms with Gasteiger partial charge in [0, 0.05) is 0 Å². The molecular weight excluding hydrogens is 460 g/mol. The lowest BCUT2D eigenvalue weighted by Crippen LogP contribution is -2.26. The van der Waals surface area contributed by atoms with Crippen molar-refractivity contribution in [2.45, 2.75) is 18.5 Å². The van der Waals surface area contributed by atoms with Crippen LogP contribution in [-0.4, -0.2) is 18.5 Å². The van der Waals surface area contributed by atoms with Crippen LogP contribution in [-0.2, 0) is 0 Å². The topological polar surface area (TPSA) is 0 Å². The Bertz CT molecular complexity index is 847. The summed E-state index contributed by atoms with van der Waals surface area (Å²) in [5, 5.41) is 0. The Hall–Kier alpha value is -2.42. The second-order valence-corrected chi connectivity index (χ2v) is 4.82. The SMILES string of the molecule is FC(/C(=C(\c1c(F)c(F)c(F)c(F)c1F)C(F)(F)F)C(F)(F)F)=C(/F)C(F)(F)F. The lowest BCUT2D eigenvalue weighted by atomic mass is 9.95. The van der Waals surface area contributed by atoms with Crippen LogP contribution >= 0.6 is 0 Å². The Labute approximate surface area is 147 Å². The molecule has 0 aromatic heterocycles. The van der Waals surface area contributed by atoms with Crippen molar-refractivity contribution in [2.75, 3.05) is 0 Å². The van der Waals surface area contributed by atoms with Crippen molar-refractivity contribution in [1.82, 2.24) is 0 Å². The minimum atomic E-state index is -6.95. The first-order valence-electron chi connectivity index (χ1n) is 6.27. The molecule has 1 aromatic rings. The van der Waals surface area contributed by atoms with Crippen molar-refractivity contribution in [2.24, 2.45) is 0 Å². The highest BCUT2D eigenvalue weighted by Crippen LogP contribution is 2.49. The van der Waals surface area contributed by atoms with Crippen LogP contribution < -0.4 is 0 Å². The Morgan fingerprint density at radius 2 is 0.828 bits per heavy atom. The fourth-order valence-electron chi connectivity index (χ4n) is 1.84. The van der Waals surface area contributed by atoms with E-state index in [2.05, 4.69) is 0 Å². The molecule has 1 aromatic carbocycles. The maximum absolute atomic E-state index is 13.6. The first kappa shape index (κ1) is 24.6. The van der Waals surface area contributed by atoms with Crippen molar-refractivity contribution in [1.29, 1.82) is 0 Å². The molecule has 1 rings (SSSR count). The second kappa shape index (κ2) is 7.44. The molecule has 0 aliphatic heterocycles. The molecule has 0 radical (unpaired) electrons. The minimum Gasteiger partial charge on any atom is -0.203 e. The summed E-state index contributed by atoms with van der Waals surface area (Å²) in [5.41, 5.74) is -11.9. The Balaban J connectivity index is 4.39. The van der Waals surface area contributed by atoms with Gasteiger partial charge in [-0.25, -0.2) is 26.3 Å². The third-order valence-corrected chi connectivity index (χ3v) is 2.94. The van der Waals surface area contributed by atoms with E-state index in [1.165, 1.54) is 0 Å². The zero-order valence-electron chi connectivity index (χ0n) is 12.5. The predicted molar refractivity (Wildman–Crippen MR) is 60.6 cm³/mol. The molecule has 0 N–H and O–H groups in total. The quantitative estimate of drug-likeness (QED) is 0.194. The normalized spacial score (nSPS) is 15.3. The molecule has 0 saturated heterocycles. The van der Waals surface area contributed by atoms with Crippen molar-refractivity contribution in [3.05, 3.63) is 51.9 Å². The highest BCUT2D eigenvalue weighted by atomic mass is 19.4. The predicted octanol–water partition coefficient (Wildman–Crippen LogP) is 6.97. The third-order valence-electron chi connectivity index (χ3n) is 2.94. The summed E-state index contributed by atoms with van der Waals surface area (Å²) in [7, 11) is 0. The summed E-state index contributed by atoms with van der Waals surface area (Å²) in [5.74, 6) is -25.5. The van der Waals surface area contributed by atoms with Crippen LogP contribution in [0.3, 0.4) is 0 Å². The van der Waals surface area contributed by atoms with Gasteiger partial charge >= 0.3 is 18.5 Å². The van der Waals surface area contributed by atoms with E-state index < -0.39 is 76.0 Å². The van der Waals surface area contributed by atoms with Gasteiger partial charge in [0.15, 0.2) is 29.1 Å². The van der Waals surface area contributed by atoms with Crippen LogP contribution in [0.4, 0.5) is 70.2 Å². The molecule has 0 spiro atoms. The zero-order valence-corrected chi connectivity index (χ0v) is 12.5. The number of rotatable bonds is 2.